The van der Waals surface area contributed by atoms with Gasteiger partial charge in [-0.05, 0) is 35.9 Å². The topological polar surface area (TPSA) is 125 Å². The molecule has 0 atom stereocenters. The zero-order valence-corrected chi connectivity index (χ0v) is 19.6. The lowest BCUT2D eigenvalue weighted by molar-refractivity contribution is -0.118. The number of aromatic nitrogens is 7. The molecule has 36 heavy (non-hydrogen) atoms. The van der Waals surface area contributed by atoms with Gasteiger partial charge in [0.15, 0.2) is 0 Å². The van der Waals surface area contributed by atoms with Gasteiger partial charge in [-0.25, -0.2) is 4.98 Å². The number of pyridine rings is 4. The predicted molar refractivity (Wildman–Crippen MR) is 139 cm³/mol. The van der Waals surface area contributed by atoms with Gasteiger partial charge in [0.2, 0.25) is 5.91 Å². The number of rotatable bonds is 5. The summed E-state index contributed by atoms with van der Waals surface area (Å²) in [5, 5.41) is 12.4. The molecular weight excluding hydrogens is 452 g/mol. The molecule has 0 bridgehead atoms. The third-order valence-corrected chi connectivity index (χ3v) is 6.03. The number of H-pyrrole nitrogens is 2. The van der Waals surface area contributed by atoms with Crippen molar-refractivity contribution in [1.29, 1.82) is 0 Å². The Kier molecular flexibility index (Phi) is 5.22. The van der Waals surface area contributed by atoms with Gasteiger partial charge in [0.05, 0.1) is 35.0 Å². The average Bonchev–Trinajstić information content (AvgIpc) is 3.53. The molecule has 6 aromatic heterocycles. The Labute approximate surface area is 206 Å². The van der Waals surface area contributed by atoms with E-state index in [1.54, 1.807) is 31.0 Å². The first kappa shape index (κ1) is 21.6. The second-order valence-electron chi connectivity index (χ2n) is 8.84. The normalized spacial score (nSPS) is 11.4. The van der Waals surface area contributed by atoms with Gasteiger partial charge < -0.3 is 10.3 Å². The van der Waals surface area contributed by atoms with E-state index in [9.17, 15) is 4.79 Å². The van der Waals surface area contributed by atoms with Gasteiger partial charge in [-0.15, -0.1) is 0 Å². The van der Waals surface area contributed by atoms with E-state index in [-0.39, 0.29) is 11.8 Å². The molecule has 0 aliphatic heterocycles. The van der Waals surface area contributed by atoms with Crippen LogP contribution in [0, 0.1) is 5.92 Å². The monoisotopic (exact) mass is 474 g/mol. The lowest BCUT2D eigenvalue weighted by atomic mass is 10.1. The highest BCUT2D eigenvalue weighted by atomic mass is 16.1. The molecule has 0 aromatic carbocycles. The lowest BCUT2D eigenvalue weighted by Gasteiger charge is -2.08. The van der Waals surface area contributed by atoms with E-state index in [0.29, 0.717) is 5.69 Å². The van der Waals surface area contributed by atoms with Crippen LogP contribution in [-0.4, -0.2) is 41.0 Å². The van der Waals surface area contributed by atoms with Gasteiger partial charge in [0.25, 0.3) is 0 Å². The first-order valence-corrected chi connectivity index (χ1v) is 11.6. The van der Waals surface area contributed by atoms with Crippen molar-refractivity contribution < 1.29 is 4.79 Å². The van der Waals surface area contributed by atoms with Crippen LogP contribution < -0.4 is 5.32 Å². The van der Waals surface area contributed by atoms with Crippen LogP contribution in [0.15, 0.2) is 73.6 Å². The number of nitrogens with one attached hydrogen (secondary N) is 3. The van der Waals surface area contributed by atoms with Gasteiger partial charge in [-0.1, -0.05) is 19.9 Å². The number of fused-ring (bicyclic) bond motifs is 2. The highest BCUT2D eigenvalue weighted by Gasteiger charge is 2.16. The minimum absolute atomic E-state index is 0.0624. The minimum Gasteiger partial charge on any atom is -0.338 e. The van der Waals surface area contributed by atoms with Gasteiger partial charge in [-0.3, -0.25) is 24.8 Å². The quantitative estimate of drug-likeness (QED) is 0.315. The SMILES string of the molecule is CC(C)C(=O)Nc1cncc(-c2cc3c(-c4cc5c(-c6cccnc6)ccnc5[nH]4)n[nH]c3cn2)c1. The number of aromatic amines is 2. The first-order valence-electron chi connectivity index (χ1n) is 11.6. The van der Waals surface area contributed by atoms with E-state index in [4.69, 9.17) is 0 Å². The summed E-state index contributed by atoms with van der Waals surface area (Å²) in [4.78, 5) is 33.2. The maximum Gasteiger partial charge on any atom is 0.226 e. The fourth-order valence-electron chi connectivity index (χ4n) is 4.14. The van der Waals surface area contributed by atoms with Gasteiger partial charge >= 0.3 is 0 Å². The highest BCUT2D eigenvalue weighted by molar-refractivity contribution is 6.00. The van der Waals surface area contributed by atoms with Crippen molar-refractivity contribution in [3.63, 3.8) is 0 Å². The molecule has 9 nitrogen and oxygen atoms in total. The molecule has 0 aliphatic carbocycles. The Morgan fingerprint density at radius 3 is 2.64 bits per heavy atom. The molecule has 6 rings (SSSR count). The third-order valence-electron chi connectivity index (χ3n) is 6.03. The van der Waals surface area contributed by atoms with E-state index in [1.165, 1.54) is 0 Å². The van der Waals surface area contributed by atoms with E-state index in [0.717, 1.165) is 55.7 Å². The number of amides is 1. The molecule has 9 heteroatoms. The van der Waals surface area contributed by atoms with Gasteiger partial charge in [-0.2, -0.15) is 5.10 Å². The van der Waals surface area contributed by atoms with Crippen LogP contribution in [0.5, 0.6) is 0 Å². The Morgan fingerprint density at radius 2 is 1.81 bits per heavy atom. The van der Waals surface area contributed by atoms with Gasteiger partial charge in [0.1, 0.15) is 11.3 Å². The van der Waals surface area contributed by atoms with Crippen LogP contribution in [0.2, 0.25) is 0 Å². The molecule has 1 amide bonds. The van der Waals surface area contributed by atoms with E-state index in [1.807, 2.05) is 50.4 Å². The Balaban J connectivity index is 1.41. The van der Waals surface area contributed by atoms with Gasteiger partial charge in [0, 0.05) is 52.6 Å². The molecule has 6 heterocycles. The molecule has 0 radical (unpaired) electrons. The molecule has 0 aliphatic rings. The van der Waals surface area contributed by atoms with Crippen LogP contribution in [-0.2, 0) is 4.79 Å². The fourth-order valence-corrected chi connectivity index (χ4v) is 4.14. The van der Waals surface area contributed by atoms with E-state index < -0.39 is 0 Å². The molecule has 0 fully saturated rings. The van der Waals surface area contributed by atoms with Crippen LogP contribution in [0.25, 0.3) is 55.7 Å². The second-order valence-corrected chi connectivity index (χ2v) is 8.84. The Morgan fingerprint density at radius 1 is 0.917 bits per heavy atom. The minimum atomic E-state index is -0.124. The van der Waals surface area contributed by atoms with Crippen molar-refractivity contribution in [1.82, 2.24) is 35.1 Å². The van der Waals surface area contributed by atoms with Crippen LogP contribution in [0.4, 0.5) is 5.69 Å². The Bertz CT molecular complexity index is 1720. The van der Waals surface area contributed by atoms with E-state index in [2.05, 4.69) is 46.5 Å². The third kappa shape index (κ3) is 3.86. The van der Waals surface area contributed by atoms with Crippen LogP contribution >= 0.6 is 0 Å². The number of nitrogens with zero attached hydrogens (tertiary/aromatic N) is 5. The summed E-state index contributed by atoms with van der Waals surface area (Å²) in [6.45, 7) is 3.70. The molecule has 0 spiro atoms. The summed E-state index contributed by atoms with van der Waals surface area (Å²) < 4.78 is 0. The summed E-state index contributed by atoms with van der Waals surface area (Å²) in [5.74, 6) is -0.186. The van der Waals surface area contributed by atoms with Crippen molar-refractivity contribution in [2.75, 3.05) is 5.32 Å². The standard InChI is InChI=1S/C27H22N8O/c1-15(2)27(36)32-18-8-17(12-29-13-18)22-10-21-24(14-31-22)34-35-25(21)23-9-20-19(5-7-30-26(20)33-23)16-4-3-6-28-11-16/h3-15H,1-2H3,(H,30,33)(H,32,36)(H,34,35). The summed E-state index contributed by atoms with van der Waals surface area (Å²) >= 11 is 0. The number of carbonyl (C=O) groups excluding carboxylic acids is 1. The summed E-state index contributed by atoms with van der Waals surface area (Å²) in [5.41, 5.74) is 7.40. The number of hydrogen-bond acceptors (Lipinski definition) is 6. The molecule has 0 saturated heterocycles. The maximum absolute atomic E-state index is 12.1. The molecule has 6 aromatic rings. The van der Waals surface area contributed by atoms with Crippen molar-refractivity contribution in [3.05, 3.63) is 73.6 Å². The molecule has 176 valence electrons. The molecule has 3 N–H and O–H groups in total. The zero-order chi connectivity index (χ0) is 24.6. The number of anilines is 1. The average molecular weight is 475 g/mol. The lowest BCUT2D eigenvalue weighted by Crippen LogP contribution is -2.17. The van der Waals surface area contributed by atoms with Crippen LogP contribution in [0.1, 0.15) is 13.8 Å². The smallest absolute Gasteiger partial charge is 0.226 e. The zero-order valence-electron chi connectivity index (χ0n) is 19.6. The number of hydrogen-bond donors (Lipinski definition) is 3. The molecule has 0 unspecified atom stereocenters. The second kappa shape index (κ2) is 8.70. The highest BCUT2D eigenvalue weighted by Crippen LogP contribution is 2.34. The van der Waals surface area contributed by atoms with Crippen LogP contribution in [0.3, 0.4) is 0 Å². The predicted octanol–water partition coefficient (Wildman–Crippen LogP) is 5.22. The summed E-state index contributed by atoms with van der Waals surface area (Å²) in [7, 11) is 0. The van der Waals surface area contributed by atoms with Crippen molar-refractivity contribution in [3.8, 4) is 33.8 Å². The first-order chi connectivity index (χ1) is 17.6. The fraction of sp³-hybridized carbons (Fsp3) is 0.111. The van der Waals surface area contributed by atoms with Crippen molar-refractivity contribution >= 4 is 33.5 Å². The summed E-state index contributed by atoms with van der Waals surface area (Å²) in [6.07, 6.45) is 10.5. The largest absolute Gasteiger partial charge is 0.338 e. The van der Waals surface area contributed by atoms with Crippen molar-refractivity contribution in [2.45, 2.75) is 13.8 Å². The molecular formula is C27H22N8O. The maximum atomic E-state index is 12.1. The summed E-state index contributed by atoms with van der Waals surface area (Å²) in [6, 6.07) is 11.8. The van der Waals surface area contributed by atoms with E-state index >= 15 is 0 Å². The Hall–Kier alpha value is -4.92. The molecule has 0 saturated carbocycles. The number of carbonyl (C=O) groups is 1. The van der Waals surface area contributed by atoms with Crippen molar-refractivity contribution in [2.24, 2.45) is 5.92 Å².